The first-order chi connectivity index (χ1) is 6.75. The first kappa shape index (κ1) is 12.0. The number of carbonyl (C=O) groups excluding carboxylic acids is 1. The first-order valence-electron chi connectivity index (χ1n) is 4.12. The molecule has 1 rings (SSSR count). The first-order valence-corrected chi connectivity index (χ1v) is 4.50. The van der Waals surface area contributed by atoms with Crippen LogP contribution >= 0.6 is 11.6 Å². The minimum atomic E-state index is -2.29. The summed E-state index contributed by atoms with van der Waals surface area (Å²) in [7, 11) is 0. The average molecular weight is 237 g/mol. The van der Waals surface area contributed by atoms with Crippen molar-refractivity contribution in [3.8, 4) is 0 Å². The van der Waals surface area contributed by atoms with Crippen LogP contribution in [-0.2, 0) is 0 Å². The number of ketones is 1. The number of alkyl halides is 1. The minimum absolute atomic E-state index is 0.301. The molecule has 0 aliphatic rings. The normalized spacial score (nSPS) is 11.6. The van der Waals surface area contributed by atoms with E-state index in [2.05, 4.69) is 0 Å². The fraction of sp³-hybridized carbons (Fsp3) is 0.300. The molecule has 0 spiro atoms. The fourth-order valence-electron chi connectivity index (χ4n) is 1.03. The lowest BCUT2D eigenvalue weighted by Gasteiger charge is -2.14. The minimum Gasteiger partial charge on any atom is -0.290 e. The zero-order valence-corrected chi connectivity index (χ0v) is 8.83. The third-order valence-corrected chi connectivity index (χ3v) is 2.13. The van der Waals surface area contributed by atoms with Crippen LogP contribution in [0, 0.1) is 11.6 Å². The molecule has 0 atom stereocenters. The Labute approximate surface area is 89.9 Å². The van der Waals surface area contributed by atoms with Crippen molar-refractivity contribution >= 4 is 17.4 Å². The van der Waals surface area contributed by atoms with Crippen LogP contribution < -0.4 is 0 Å². The Kier molecular flexibility index (Phi) is 3.09. The van der Waals surface area contributed by atoms with Gasteiger partial charge < -0.3 is 0 Å². The number of rotatable bonds is 2. The zero-order valence-electron chi connectivity index (χ0n) is 8.07. The molecule has 0 aliphatic heterocycles. The van der Waals surface area contributed by atoms with Crippen LogP contribution in [0.2, 0.25) is 5.02 Å². The molecule has 82 valence electrons. The molecule has 1 aromatic carbocycles. The molecule has 15 heavy (non-hydrogen) atoms. The van der Waals surface area contributed by atoms with Crippen molar-refractivity contribution in [1.82, 2.24) is 0 Å². The van der Waals surface area contributed by atoms with Crippen LogP contribution in [0.1, 0.15) is 24.2 Å². The van der Waals surface area contributed by atoms with Gasteiger partial charge in [-0.2, -0.15) is 0 Å². The van der Waals surface area contributed by atoms with Gasteiger partial charge in [0.15, 0.2) is 17.3 Å². The second-order valence-corrected chi connectivity index (χ2v) is 3.93. The van der Waals surface area contributed by atoms with Gasteiger partial charge in [-0.1, -0.05) is 11.6 Å². The molecule has 0 heterocycles. The van der Waals surface area contributed by atoms with E-state index in [1.54, 1.807) is 0 Å². The Hall–Kier alpha value is -1.03. The van der Waals surface area contributed by atoms with Gasteiger partial charge in [0.1, 0.15) is 0 Å². The number of benzene rings is 1. The standard InChI is InChI=1S/C10H8ClF3O/c1-10(2,14)9(15)7-5(11)3-4-6(12)8(7)13/h3-4H,1-2H3. The second-order valence-electron chi connectivity index (χ2n) is 3.52. The highest BCUT2D eigenvalue weighted by atomic mass is 35.5. The summed E-state index contributed by atoms with van der Waals surface area (Å²) in [5, 5.41) is -0.301. The maximum absolute atomic E-state index is 13.3. The van der Waals surface area contributed by atoms with Crippen molar-refractivity contribution in [2.75, 3.05) is 0 Å². The molecule has 0 fully saturated rings. The van der Waals surface area contributed by atoms with Gasteiger partial charge in [-0.15, -0.1) is 0 Å². The van der Waals surface area contributed by atoms with Crippen LogP contribution in [0.15, 0.2) is 12.1 Å². The van der Waals surface area contributed by atoms with E-state index < -0.39 is 28.6 Å². The molecule has 0 saturated heterocycles. The van der Waals surface area contributed by atoms with E-state index in [-0.39, 0.29) is 5.02 Å². The lowest BCUT2D eigenvalue weighted by Crippen LogP contribution is -2.27. The van der Waals surface area contributed by atoms with Crippen molar-refractivity contribution < 1.29 is 18.0 Å². The van der Waals surface area contributed by atoms with E-state index >= 15 is 0 Å². The van der Waals surface area contributed by atoms with E-state index in [1.165, 1.54) is 0 Å². The molecular formula is C10H8ClF3O. The molecule has 0 amide bonds. The summed E-state index contributed by atoms with van der Waals surface area (Å²) in [5.74, 6) is -3.82. The predicted octanol–water partition coefficient (Wildman–Crippen LogP) is 3.55. The summed E-state index contributed by atoms with van der Waals surface area (Å²) in [6.45, 7) is 1.91. The SMILES string of the molecule is CC(C)(F)C(=O)c1c(Cl)ccc(F)c1F. The summed E-state index contributed by atoms with van der Waals surface area (Å²) >= 11 is 5.51. The lowest BCUT2D eigenvalue weighted by atomic mass is 9.98. The highest BCUT2D eigenvalue weighted by Gasteiger charge is 2.32. The van der Waals surface area contributed by atoms with Crippen molar-refractivity contribution in [3.05, 3.63) is 34.4 Å². The van der Waals surface area contributed by atoms with E-state index in [0.29, 0.717) is 0 Å². The third kappa shape index (κ3) is 2.31. The largest absolute Gasteiger partial charge is 0.290 e. The third-order valence-electron chi connectivity index (χ3n) is 1.81. The van der Waals surface area contributed by atoms with Gasteiger partial charge >= 0.3 is 0 Å². The molecular weight excluding hydrogens is 229 g/mol. The summed E-state index contributed by atoms with van der Waals surface area (Å²) < 4.78 is 39.3. The van der Waals surface area contributed by atoms with Gasteiger partial charge in [0.05, 0.1) is 10.6 Å². The molecule has 0 N–H and O–H groups in total. The van der Waals surface area contributed by atoms with Crippen molar-refractivity contribution in [1.29, 1.82) is 0 Å². The summed E-state index contributed by atoms with van der Waals surface area (Å²) in [6.07, 6.45) is 0. The number of hydrogen-bond donors (Lipinski definition) is 0. The summed E-state index contributed by atoms with van der Waals surface area (Å²) in [5.41, 5.74) is -3.04. The molecule has 5 heteroatoms. The van der Waals surface area contributed by atoms with Gasteiger partial charge in [-0.3, -0.25) is 4.79 Å². The quantitative estimate of drug-likeness (QED) is 0.567. The van der Waals surface area contributed by atoms with Crippen LogP contribution in [0.5, 0.6) is 0 Å². The topological polar surface area (TPSA) is 17.1 Å². The van der Waals surface area contributed by atoms with Crippen molar-refractivity contribution in [2.45, 2.75) is 19.5 Å². The summed E-state index contributed by atoms with van der Waals surface area (Å²) in [4.78, 5) is 11.4. The number of carbonyl (C=O) groups is 1. The van der Waals surface area contributed by atoms with Gasteiger partial charge in [0.25, 0.3) is 0 Å². The Morgan fingerprint density at radius 1 is 1.33 bits per heavy atom. The van der Waals surface area contributed by atoms with E-state index in [9.17, 15) is 18.0 Å². The van der Waals surface area contributed by atoms with Crippen molar-refractivity contribution in [3.63, 3.8) is 0 Å². The van der Waals surface area contributed by atoms with Crippen LogP contribution in [0.25, 0.3) is 0 Å². The Morgan fingerprint density at radius 2 is 1.87 bits per heavy atom. The van der Waals surface area contributed by atoms with Crippen molar-refractivity contribution in [2.24, 2.45) is 0 Å². The molecule has 0 bridgehead atoms. The number of Topliss-reactive ketones (excluding diaryl/α,β-unsaturated/α-hetero) is 1. The highest BCUT2D eigenvalue weighted by Crippen LogP contribution is 2.27. The van der Waals surface area contributed by atoms with Gasteiger partial charge in [-0.25, -0.2) is 13.2 Å². The smallest absolute Gasteiger partial charge is 0.203 e. The number of halogens is 4. The van der Waals surface area contributed by atoms with E-state index in [4.69, 9.17) is 11.6 Å². The van der Waals surface area contributed by atoms with Crippen LogP contribution in [0.3, 0.4) is 0 Å². The molecule has 0 aliphatic carbocycles. The average Bonchev–Trinajstić information content (AvgIpc) is 2.10. The molecule has 0 unspecified atom stereocenters. The van der Waals surface area contributed by atoms with Gasteiger partial charge in [-0.05, 0) is 26.0 Å². The molecule has 0 aromatic heterocycles. The van der Waals surface area contributed by atoms with Gasteiger partial charge in [0, 0.05) is 0 Å². The van der Waals surface area contributed by atoms with Crippen LogP contribution in [0.4, 0.5) is 13.2 Å². The Morgan fingerprint density at radius 3 is 2.33 bits per heavy atom. The van der Waals surface area contributed by atoms with E-state index in [0.717, 1.165) is 26.0 Å². The molecule has 0 saturated carbocycles. The molecule has 1 aromatic rings. The maximum atomic E-state index is 13.3. The van der Waals surface area contributed by atoms with E-state index in [1.807, 2.05) is 0 Å². The lowest BCUT2D eigenvalue weighted by molar-refractivity contribution is 0.0755. The fourth-order valence-corrected chi connectivity index (χ4v) is 1.26. The highest BCUT2D eigenvalue weighted by molar-refractivity contribution is 6.34. The zero-order chi connectivity index (χ0) is 11.8. The molecule has 0 radical (unpaired) electrons. The van der Waals surface area contributed by atoms with Crippen LogP contribution in [-0.4, -0.2) is 11.5 Å². The number of hydrogen-bond acceptors (Lipinski definition) is 1. The van der Waals surface area contributed by atoms with Gasteiger partial charge in [0.2, 0.25) is 5.78 Å². The summed E-state index contributed by atoms with van der Waals surface area (Å²) in [6, 6.07) is 1.79. The maximum Gasteiger partial charge on any atom is 0.203 e. The Balaban J connectivity index is 3.38. The predicted molar refractivity (Wildman–Crippen MR) is 50.9 cm³/mol. The Bertz CT molecular complexity index is 410. The monoisotopic (exact) mass is 236 g/mol. The molecule has 1 nitrogen and oxygen atoms in total. The second kappa shape index (κ2) is 3.85.